The fourth-order valence-corrected chi connectivity index (χ4v) is 3.51. The lowest BCUT2D eigenvalue weighted by atomic mass is 10.1. The van der Waals surface area contributed by atoms with Gasteiger partial charge in [0.15, 0.2) is 0 Å². The van der Waals surface area contributed by atoms with E-state index in [1.54, 1.807) is 18.2 Å². The van der Waals surface area contributed by atoms with Crippen molar-refractivity contribution < 1.29 is 28.5 Å². The highest BCUT2D eigenvalue weighted by atomic mass is 16.5. The first-order chi connectivity index (χ1) is 17.0. The van der Waals surface area contributed by atoms with Crippen molar-refractivity contribution in [1.82, 2.24) is 4.98 Å². The minimum Gasteiger partial charge on any atom is -0.494 e. The van der Waals surface area contributed by atoms with Crippen LogP contribution in [0, 0.1) is 6.92 Å². The van der Waals surface area contributed by atoms with Gasteiger partial charge in [-0.15, -0.1) is 0 Å². The molecule has 4 rings (SSSR count). The van der Waals surface area contributed by atoms with E-state index in [2.05, 4.69) is 4.98 Å². The highest BCUT2D eigenvalue weighted by Gasteiger charge is 2.12. The zero-order chi connectivity index (χ0) is 24.6. The normalized spacial score (nSPS) is 10.7. The molecule has 1 heterocycles. The summed E-state index contributed by atoms with van der Waals surface area (Å²) in [4.78, 5) is 15.7. The Kier molecular flexibility index (Phi) is 7.67. The smallest absolute Gasteiger partial charge is 0.307 e. The Morgan fingerprint density at radius 1 is 0.914 bits per heavy atom. The van der Waals surface area contributed by atoms with Crippen LogP contribution in [0.25, 0.3) is 11.5 Å². The standard InChI is InChI=1S/C28H27NO6/c1-3-32-26-14-13-24(15-22(26)16-27(30)31)33-17-20-9-11-23(12-10-20)34-18-25-19(2)35-28(29-25)21-7-5-4-6-8-21/h4-15H,3,16-18H2,1-2H3,(H,30,31). The van der Waals surface area contributed by atoms with E-state index in [1.807, 2.05) is 68.4 Å². The number of aryl methyl sites for hydroxylation is 1. The van der Waals surface area contributed by atoms with Gasteiger partial charge in [-0.25, -0.2) is 4.98 Å². The molecule has 0 saturated heterocycles. The van der Waals surface area contributed by atoms with Crippen LogP contribution in [0.4, 0.5) is 0 Å². The van der Waals surface area contributed by atoms with Gasteiger partial charge in [0.05, 0.1) is 13.0 Å². The Bertz CT molecular complexity index is 1260. The van der Waals surface area contributed by atoms with Gasteiger partial charge >= 0.3 is 5.97 Å². The highest BCUT2D eigenvalue weighted by Crippen LogP contribution is 2.26. The molecule has 4 aromatic rings. The molecule has 0 amide bonds. The molecule has 7 heteroatoms. The van der Waals surface area contributed by atoms with E-state index in [0.29, 0.717) is 48.5 Å². The average molecular weight is 474 g/mol. The number of hydrogen-bond acceptors (Lipinski definition) is 6. The lowest BCUT2D eigenvalue weighted by molar-refractivity contribution is -0.136. The monoisotopic (exact) mass is 473 g/mol. The van der Waals surface area contributed by atoms with Gasteiger partial charge < -0.3 is 23.7 Å². The minimum absolute atomic E-state index is 0.129. The van der Waals surface area contributed by atoms with Crippen molar-refractivity contribution in [3.8, 4) is 28.7 Å². The van der Waals surface area contributed by atoms with E-state index in [4.69, 9.17) is 23.7 Å². The van der Waals surface area contributed by atoms with Crippen molar-refractivity contribution in [3.63, 3.8) is 0 Å². The van der Waals surface area contributed by atoms with Gasteiger partial charge in [0.1, 0.15) is 41.9 Å². The van der Waals surface area contributed by atoms with Gasteiger partial charge in [-0.1, -0.05) is 30.3 Å². The molecule has 0 atom stereocenters. The van der Waals surface area contributed by atoms with Gasteiger partial charge in [-0.05, 0) is 61.9 Å². The molecule has 0 aliphatic rings. The van der Waals surface area contributed by atoms with Gasteiger partial charge in [0.25, 0.3) is 0 Å². The van der Waals surface area contributed by atoms with Gasteiger partial charge in [0, 0.05) is 11.1 Å². The molecule has 180 valence electrons. The van der Waals surface area contributed by atoms with Crippen molar-refractivity contribution in [1.29, 1.82) is 0 Å². The lowest BCUT2D eigenvalue weighted by Gasteiger charge is -2.12. The predicted octanol–water partition coefficient (Wildman–Crippen LogP) is 5.83. The van der Waals surface area contributed by atoms with Crippen LogP contribution in [0.5, 0.6) is 17.2 Å². The second kappa shape index (κ2) is 11.2. The summed E-state index contributed by atoms with van der Waals surface area (Å²) in [5, 5.41) is 9.15. The summed E-state index contributed by atoms with van der Waals surface area (Å²) in [6, 6.07) is 22.6. The molecule has 1 N–H and O–H groups in total. The minimum atomic E-state index is -0.921. The Balaban J connectivity index is 1.33. The summed E-state index contributed by atoms with van der Waals surface area (Å²) in [6.45, 7) is 4.84. The Hall–Kier alpha value is -4.26. The van der Waals surface area contributed by atoms with Crippen LogP contribution in [0.15, 0.2) is 77.2 Å². The van der Waals surface area contributed by atoms with Crippen LogP contribution in [0.2, 0.25) is 0 Å². The largest absolute Gasteiger partial charge is 0.494 e. The molecule has 35 heavy (non-hydrogen) atoms. The number of aromatic nitrogens is 1. The maximum absolute atomic E-state index is 11.2. The topological polar surface area (TPSA) is 91.0 Å². The number of rotatable bonds is 11. The van der Waals surface area contributed by atoms with Gasteiger partial charge in [-0.3, -0.25) is 4.79 Å². The number of oxazole rings is 1. The van der Waals surface area contributed by atoms with Crippen molar-refractivity contribution in [2.24, 2.45) is 0 Å². The third-order valence-electron chi connectivity index (χ3n) is 5.29. The number of nitrogens with zero attached hydrogens (tertiary/aromatic N) is 1. The molecule has 0 fully saturated rings. The highest BCUT2D eigenvalue weighted by molar-refractivity contribution is 5.71. The quantitative estimate of drug-likeness (QED) is 0.293. The summed E-state index contributed by atoms with van der Waals surface area (Å²) in [6.07, 6.45) is -0.129. The summed E-state index contributed by atoms with van der Waals surface area (Å²) in [5.41, 5.74) is 3.21. The zero-order valence-corrected chi connectivity index (χ0v) is 19.7. The van der Waals surface area contributed by atoms with Crippen molar-refractivity contribution in [3.05, 3.63) is 95.4 Å². The maximum atomic E-state index is 11.2. The predicted molar refractivity (Wildman–Crippen MR) is 131 cm³/mol. The molecular formula is C28H27NO6. The molecule has 0 radical (unpaired) electrons. The van der Waals surface area contributed by atoms with Crippen molar-refractivity contribution in [2.45, 2.75) is 33.5 Å². The van der Waals surface area contributed by atoms with Crippen LogP contribution < -0.4 is 14.2 Å². The average Bonchev–Trinajstić information content (AvgIpc) is 3.24. The molecule has 7 nitrogen and oxygen atoms in total. The van der Waals surface area contributed by atoms with Crippen molar-refractivity contribution in [2.75, 3.05) is 6.61 Å². The first-order valence-electron chi connectivity index (χ1n) is 11.4. The number of hydrogen-bond donors (Lipinski definition) is 1. The second-order valence-electron chi connectivity index (χ2n) is 7.88. The fraction of sp³-hybridized carbons (Fsp3) is 0.214. The van der Waals surface area contributed by atoms with Gasteiger partial charge in [-0.2, -0.15) is 0 Å². The number of carboxylic acids is 1. The number of benzene rings is 3. The third kappa shape index (κ3) is 6.41. The van der Waals surface area contributed by atoms with Crippen LogP contribution in [-0.2, 0) is 24.4 Å². The summed E-state index contributed by atoms with van der Waals surface area (Å²) in [5.74, 6) is 2.24. The molecule has 0 saturated carbocycles. The number of aliphatic carboxylic acids is 1. The van der Waals surface area contributed by atoms with E-state index in [-0.39, 0.29) is 6.42 Å². The van der Waals surface area contributed by atoms with E-state index < -0.39 is 5.97 Å². The van der Waals surface area contributed by atoms with Gasteiger partial charge in [0.2, 0.25) is 5.89 Å². The Morgan fingerprint density at radius 3 is 2.34 bits per heavy atom. The molecule has 1 aromatic heterocycles. The molecule has 0 aliphatic carbocycles. The maximum Gasteiger partial charge on any atom is 0.307 e. The third-order valence-corrected chi connectivity index (χ3v) is 5.29. The second-order valence-corrected chi connectivity index (χ2v) is 7.88. The molecule has 0 aliphatic heterocycles. The van der Waals surface area contributed by atoms with Crippen LogP contribution in [0.3, 0.4) is 0 Å². The molecule has 0 bridgehead atoms. The van der Waals surface area contributed by atoms with E-state index in [9.17, 15) is 4.79 Å². The number of ether oxygens (including phenoxy) is 3. The number of carboxylic acid groups (broad SMARTS) is 1. The summed E-state index contributed by atoms with van der Waals surface area (Å²) < 4.78 is 23.1. The van der Waals surface area contributed by atoms with E-state index in [0.717, 1.165) is 22.6 Å². The summed E-state index contributed by atoms with van der Waals surface area (Å²) in [7, 11) is 0. The number of carbonyl (C=O) groups is 1. The van der Waals surface area contributed by atoms with Crippen LogP contribution in [0.1, 0.15) is 29.5 Å². The first kappa shape index (κ1) is 23.9. The SMILES string of the molecule is CCOc1ccc(OCc2ccc(OCc3nc(-c4ccccc4)oc3C)cc2)cc1CC(=O)O. The zero-order valence-electron chi connectivity index (χ0n) is 19.7. The Labute approximate surface area is 203 Å². The van der Waals surface area contributed by atoms with Crippen molar-refractivity contribution >= 4 is 5.97 Å². The molecular weight excluding hydrogens is 446 g/mol. The first-order valence-corrected chi connectivity index (χ1v) is 11.4. The van der Waals surface area contributed by atoms with E-state index >= 15 is 0 Å². The Morgan fingerprint density at radius 2 is 1.63 bits per heavy atom. The lowest BCUT2D eigenvalue weighted by Crippen LogP contribution is -2.05. The van der Waals surface area contributed by atoms with Crippen LogP contribution in [-0.4, -0.2) is 22.7 Å². The van der Waals surface area contributed by atoms with E-state index in [1.165, 1.54) is 0 Å². The molecule has 0 unspecified atom stereocenters. The van der Waals surface area contributed by atoms with Crippen LogP contribution >= 0.6 is 0 Å². The molecule has 3 aromatic carbocycles. The fourth-order valence-electron chi connectivity index (χ4n) is 3.51. The molecule has 0 spiro atoms. The summed E-state index contributed by atoms with van der Waals surface area (Å²) >= 11 is 0.